The van der Waals surface area contributed by atoms with Gasteiger partial charge in [0.25, 0.3) is 5.91 Å². The normalized spacial score (nSPS) is 10.6. The molecule has 0 spiro atoms. The lowest BCUT2D eigenvalue weighted by Gasteiger charge is -2.21. The van der Waals surface area contributed by atoms with Crippen molar-refractivity contribution in [3.8, 4) is 0 Å². The summed E-state index contributed by atoms with van der Waals surface area (Å²) < 4.78 is 0. The summed E-state index contributed by atoms with van der Waals surface area (Å²) in [5.41, 5.74) is 8.47. The molecule has 0 aliphatic rings. The zero-order chi connectivity index (χ0) is 17.6. The molecule has 0 fully saturated rings. The van der Waals surface area contributed by atoms with Gasteiger partial charge in [-0.25, -0.2) is 0 Å². The first-order valence-electron chi connectivity index (χ1n) is 8.22. The van der Waals surface area contributed by atoms with Crippen LogP contribution in [0.3, 0.4) is 0 Å². The third-order valence-corrected chi connectivity index (χ3v) is 4.00. The number of anilines is 2. The molecule has 1 amide bonds. The van der Waals surface area contributed by atoms with Crippen LogP contribution in [0.1, 0.15) is 16.9 Å². The average molecular weight is 335 g/mol. The number of nitrogens with zero attached hydrogens (tertiary/aromatic N) is 3. The largest absolute Gasteiger partial charge is 0.374 e. The number of nitrogens with one attached hydrogen (secondary N) is 1. The summed E-state index contributed by atoms with van der Waals surface area (Å²) in [6.07, 6.45) is 4.24. The summed E-state index contributed by atoms with van der Waals surface area (Å²) in [5, 5.41) is 3.89. The summed E-state index contributed by atoms with van der Waals surface area (Å²) in [5.74, 6) is -0.253. The highest BCUT2D eigenvalue weighted by atomic mass is 16.1. The van der Waals surface area contributed by atoms with Gasteiger partial charge >= 0.3 is 0 Å². The SMILES string of the molecule is CN(CCCN)c1ccc(NC(=O)c2ccccn2)c2ncccc12. The molecule has 0 unspecified atom stereocenters. The van der Waals surface area contributed by atoms with Gasteiger partial charge in [0.15, 0.2) is 0 Å². The van der Waals surface area contributed by atoms with Crippen molar-refractivity contribution in [3.63, 3.8) is 0 Å². The highest BCUT2D eigenvalue weighted by Crippen LogP contribution is 2.30. The van der Waals surface area contributed by atoms with E-state index in [0.29, 0.717) is 17.9 Å². The molecule has 3 rings (SSSR count). The lowest BCUT2D eigenvalue weighted by molar-refractivity contribution is 0.102. The van der Waals surface area contributed by atoms with Crippen LogP contribution in [0.5, 0.6) is 0 Å². The van der Waals surface area contributed by atoms with Crippen molar-refractivity contribution in [1.82, 2.24) is 9.97 Å². The Kier molecular flexibility index (Phi) is 5.20. The number of fused-ring (bicyclic) bond motifs is 1. The van der Waals surface area contributed by atoms with Gasteiger partial charge in [-0.15, -0.1) is 0 Å². The van der Waals surface area contributed by atoms with Crippen molar-refractivity contribution in [2.24, 2.45) is 5.73 Å². The standard InChI is InChI=1S/C19H21N5O/c1-24(13-5-10-20)17-9-8-15(18-14(17)6-4-12-22-18)23-19(25)16-7-2-3-11-21-16/h2-4,6-9,11-12H,5,10,13,20H2,1H3,(H,23,25). The second kappa shape index (κ2) is 7.72. The van der Waals surface area contributed by atoms with Crippen LogP contribution in [-0.2, 0) is 0 Å². The fourth-order valence-electron chi connectivity index (χ4n) is 2.72. The van der Waals surface area contributed by atoms with Crippen molar-refractivity contribution in [1.29, 1.82) is 0 Å². The van der Waals surface area contributed by atoms with Crippen LogP contribution < -0.4 is 16.0 Å². The fraction of sp³-hybridized carbons (Fsp3) is 0.211. The van der Waals surface area contributed by atoms with Crippen molar-refractivity contribution in [3.05, 3.63) is 60.6 Å². The Morgan fingerprint density at radius 2 is 1.96 bits per heavy atom. The number of benzene rings is 1. The monoisotopic (exact) mass is 335 g/mol. The molecule has 1 aromatic carbocycles. The van der Waals surface area contributed by atoms with E-state index >= 15 is 0 Å². The van der Waals surface area contributed by atoms with E-state index in [2.05, 4.69) is 20.2 Å². The number of hydrogen-bond donors (Lipinski definition) is 2. The summed E-state index contributed by atoms with van der Waals surface area (Å²) in [7, 11) is 2.03. The van der Waals surface area contributed by atoms with E-state index in [4.69, 9.17) is 5.73 Å². The van der Waals surface area contributed by atoms with E-state index in [-0.39, 0.29) is 5.91 Å². The van der Waals surface area contributed by atoms with E-state index in [1.807, 2.05) is 31.3 Å². The van der Waals surface area contributed by atoms with Crippen LogP contribution in [0.2, 0.25) is 0 Å². The predicted molar refractivity (Wildman–Crippen MR) is 101 cm³/mol. The molecule has 128 valence electrons. The summed E-state index contributed by atoms with van der Waals surface area (Å²) >= 11 is 0. The number of nitrogens with two attached hydrogens (primary N) is 1. The first-order chi connectivity index (χ1) is 12.2. The van der Waals surface area contributed by atoms with Gasteiger partial charge in [-0.05, 0) is 49.4 Å². The smallest absolute Gasteiger partial charge is 0.274 e. The van der Waals surface area contributed by atoms with E-state index in [1.54, 1.807) is 30.6 Å². The minimum absolute atomic E-state index is 0.253. The maximum atomic E-state index is 12.4. The average Bonchev–Trinajstić information content (AvgIpc) is 2.67. The van der Waals surface area contributed by atoms with Gasteiger partial charge < -0.3 is 16.0 Å². The van der Waals surface area contributed by atoms with Crippen LogP contribution in [0.4, 0.5) is 11.4 Å². The molecule has 0 aliphatic carbocycles. The molecule has 6 nitrogen and oxygen atoms in total. The number of carbonyl (C=O) groups excluding carboxylic acids is 1. The molecule has 0 aliphatic heterocycles. The number of amides is 1. The van der Waals surface area contributed by atoms with Crippen LogP contribution in [0.15, 0.2) is 54.9 Å². The van der Waals surface area contributed by atoms with Gasteiger partial charge in [-0.1, -0.05) is 6.07 Å². The first-order valence-corrected chi connectivity index (χ1v) is 8.22. The molecule has 2 aromatic heterocycles. The van der Waals surface area contributed by atoms with Gasteiger partial charge in [0, 0.05) is 37.1 Å². The Labute approximate surface area is 146 Å². The minimum atomic E-state index is -0.253. The third kappa shape index (κ3) is 3.75. The van der Waals surface area contributed by atoms with Crippen molar-refractivity contribution in [2.45, 2.75) is 6.42 Å². The third-order valence-electron chi connectivity index (χ3n) is 4.00. The lowest BCUT2D eigenvalue weighted by atomic mass is 10.1. The molecule has 3 N–H and O–H groups in total. The Morgan fingerprint density at radius 3 is 2.72 bits per heavy atom. The molecule has 6 heteroatoms. The molecule has 0 saturated carbocycles. The zero-order valence-corrected chi connectivity index (χ0v) is 14.1. The second-order valence-electron chi connectivity index (χ2n) is 5.76. The molecule has 0 bridgehead atoms. The number of pyridine rings is 2. The topological polar surface area (TPSA) is 84.1 Å². The van der Waals surface area contributed by atoms with Crippen LogP contribution in [0.25, 0.3) is 10.9 Å². The molecular formula is C19H21N5O. The Balaban J connectivity index is 1.94. The van der Waals surface area contributed by atoms with Crippen LogP contribution in [0, 0.1) is 0 Å². The second-order valence-corrected chi connectivity index (χ2v) is 5.76. The highest BCUT2D eigenvalue weighted by Gasteiger charge is 2.13. The van der Waals surface area contributed by atoms with Crippen molar-refractivity contribution >= 4 is 28.2 Å². The summed E-state index contributed by atoms with van der Waals surface area (Å²) in [4.78, 5) is 23.1. The maximum Gasteiger partial charge on any atom is 0.274 e. The number of aromatic nitrogens is 2. The van der Waals surface area contributed by atoms with Gasteiger partial charge in [-0.3, -0.25) is 14.8 Å². The van der Waals surface area contributed by atoms with Gasteiger partial charge in [-0.2, -0.15) is 0 Å². The predicted octanol–water partition coefficient (Wildman–Crippen LogP) is 2.67. The molecule has 0 saturated heterocycles. The summed E-state index contributed by atoms with van der Waals surface area (Å²) in [6, 6.07) is 13.0. The van der Waals surface area contributed by atoms with Gasteiger partial charge in [0.05, 0.1) is 11.2 Å². The Morgan fingerprint density at radius 1 is 1.12 bits per heavy atom. The number of hydrogen-bond acceptors (Lipinski definition) is 5. The van der Waals surface area contributed by atoms with E-state index in [1.165, 1.54) is 0 Å². The minimum Gasteiger partial charge on any atom is -0.374 e. The fourth-order valence-corrected chi connectivity index (χ4v) is 2.72. The Bertz CT molecular complexity index is 866. The van der Waals surface area contributed by atoms with Crippen LogP contribution in [-0.4, -0.2) is 36.0 Å². The quantitative estimate of drug-likeness (QED) is 0.723. The molecule has 2 heterocycles. The maximum absolute atomic E-state index is 12.4. The van der Waals surface area contributed by atoms with Crippen molar-refractivity contribution < 1.29 is 4.79 Å². The number of carbonyl (C=O) groups is 1. The molecule has 0 atom stereocenters. The first kappa shape index (κ1) is 16.9. The van der Waals surface area contributed by atoms with E-state index < -0.39 is 0 Å². The highest BCUT2D eigenvalue weighted by molar-refractivity contribution is 6.09. The number of rotatable bonds is 6. The van der Waals surface area contributed by atoms with Crippen molar-refractivity contribution in [2.75, 3.05) is 30.4 Å². The van der Waals surface area contributed by atoms with E-state index in [0.717, 1.165) is 29.6 Å². The molecule has 3 aromatic rings. The lowest BCUT2D eigenvalue weighted by Crippen LogP contribution is -2.21. The van der Waals surface area contributed by atoms with Gasteiger partial charge in [0.1, 0.15) is 5.69 Å². The Hall–Kier alpha value is -2.99. The zero-order valence-electron chi connectivity index (χ0n) is 14.1. The van der Waals surface area contributed by atoms with Gasteiger partial charge in [0.2, 0.25) is 0 Å². The summed E-state index contributed by atoms with van der Waals surface area (Å²) in [6.45, 7) is 1.51. The molecule has 25 heavy (non-hydrogen) atoms. The van der Waals surface area contributed by atoms with E-state index in [9.17, 15) is 4.79 Å². The molecule has 0 radical (unpaired) electrons. The van der Waals surface area contributed by atoms with Crippen LogP contribution >= 0.6 is 0 Å². The molecular weight excluding hydrogens is 314 g/mol.